The molecule has 2 aromatic rings. The van der Waals surface area contributed by atoms with Gasteiger partial charge in [0.25, 0.3) is 0 Å². The lowest BCUT2D eigenvalue weighted by Gasteiger charge is -2.26. The molecule has 0 spiro atoms. The number of hydrogen-bond donors (Lipinski definition) is 2. The monoisotopic (exact) mass is 384 g/mol. The highest BCUT2D eigenvalue weighted by Crippen LogP contribution is 2.49. The number of furan rings is 1. The number of amides is 1. The second-order valence-electron chi connectivity index (χ2n) is 8.00. The standard InChI is InChI=1S/C21H24N2O5/c1-12(23-10-14-6-5-9-21(14,11-23)20(26)27)19(25)22-17-15-7-3-4-8-16(15)28-18(17)13(2)24/h3-4,7-8,12,14H,5-6,9-11H2,1-2H3,(H,22,25)(H,26,27)/t12?,14-,21+/m0/s1. The number of hydrogen-bond acceptors (Lipinski definition) is 5. The normalized spacial score (nSPS) is 25.6. The van der Waals surface area contributed by atoms with Gasteiger partial charge in [0, 0.05) is 25.4 Å². The number of carboxylic acid groups (broad SMARTS) is 1. The number of fused-ring (bicyclic) bond motifs is 2. The molecule has 148 valence electrons. The van der Waals surface area contributed by atoms with Crippen LogP contribution in [0.4, 0.5) is 5.69 Å². The molecule has 28 heavy (non-hydrogen) atoms. The maximum absolute atomic E-state index is 13.0. The number of nitrogens with one attached hydrogen (secondary N) is 1. The van der Waals surface area contributed by atoms with Crippen molar-refractivity contribution in [3.05, 3.63) is 30.0 Å². The van der Waals surface area contributed by atoms with Crippen LogP contribution < -0.4 is 5.32 Å². The van der Waals surface area contributed by atoms with Gasteiger partial charge in [0.05, 0.1) is 17.1 Å². The third kappa shape index (κ3) is 2.81. The molecule has 0 bridgehead atoms. The van der Waals surface area contributed by atoms with Crippen molar-refractivity contribution in [1.29, 1.82) is 0 Å². The molecule has 7 heteroatoms. The number of carbonyl (C=O) groups is 3. The average Bonchev–Trinajstić information content (AvgIpc) is 3.32. The van der Waals surface area contributed by atoms with Crippen molar-refractivity contribution < 1.29 is 23.9 Å². The van der Waals surface area contributed by atoms with Crippen LogP contribution in [0.2, 0.25) is 0 Å². The molecule has 1 aliphatic carbocycles. The lowest BCUT2D eigenvalue weighted by molar-refractivity contribution is -0.149. The van der Waals surface area contributed by atoms with Crippen LogP contribution in [0, 0.1) is 11.3 Å². The summed E-state index contributed by atoms with van der Waals surface area (Å²) in [5.74, 6) is -1.08. The van der Waals surface area contributed by atoms with Gasteiger partial charge in [0.15, 0.2) is 11.5 Å². The lowest BCUT2D eigenvalue weighted by atomic mass is 9.81. The number of carboxylic acids is 1. The number of benzene rings is 1. The number of carbonyl (C=O) groups excluding carboxylic acids is 2. The Kier molecular flexibility index (Phi) is 4.50. The van der Waals surface area contributed by atoms with Gasteiger partial charge in [-0.1, -0.05) is 18.6 Å². The first kappa shape index (κ1) is 18.7. The molecular weight excluding hydrogens is 360 g/mol. The minimum atomic E-state index is -0.759. The summed E-state index contributed by atoms with van der Waals surface area (Å²) in [5, 5.41) is 13.3. The smallest absolute Gasteiger partial charge is 0.311 e. The van der Waals surface area contributed by atoms with Gasteiger partial charge < -0.3 is 14.8 Å². The Labute approximate surface area is 162 Å². The molecule has 1 amide bonds. The number of anilines is 1. The fraction of sp³-hybridized carbons (Fsp3) is 0.476. The molecule has 2 heterocycles. The number of nitrogens with zero attached hydrogens (tertiary/aromatic N) is 1. The van der Waals surface area contributed by atoms with Crippen molar-refractivity contribution in [3.8, 4) is 0 Å². The van der Waals surface area contributed by atoms with E-state index in [1.807, 2.05) is 11.0 Å². The number of aliphatic carboxylic acids is 1. The van der Waals surface area contributed by atoms with E-state index in [9.17, 15) is 19.5 Å². The third-order valence-electron chi connectivity index (χ3n) is 6.41. The zero-order valence-electron chi connectivity index (χ0n) is 16.0. The summed E-state index contributed by atoms with van der Waals surface area (Å²) in [7, 11) is 0. The Bertz CT molecular complexity index is 965. The van der Waals surface area contributed by atoms with Gasteiger partial charge in [-0.3, -0.25) is 19.3 Å². The first-order valence-electron chi connectivity index (χ1n) is 9.64. The van der Waals surface area contributed by atoms with E-state index in [1.54, 1.807) is 25.1 Å². The van der Waals surface area contributed by atoms with Gasteiger partial charge in [-0.25, -0.2) is 0 Å². The predicted octanol–water partition coefficient (Wildman–Crippen LogP) is 3.15. The van der Waals surface area contributed by atoms with Gasteiger partial charge in [-0.15, -0.1) is 0 Å². The van der Waals surface area contributed by atoms with Crippen molar-refractivity contribution >= 4 is 34.3 Å². The molecular formula is C21H24N2O5. The quantitative estimate of drug-likeness (QED) is 0.768. The summed E-state index contributed by atoms with van der Waals surface area (Å²) in [6, 6.07) is 6.66. The molecule has 1 saturated heterocycles. The molecule has 1 unspecified atom stereocenters. The van der Waals surface area contributed by atoms with E-state index in [1.165, 1.54) is 6.92 Å². The van der Waals surface area contributed by atoms with Crippen molar-refractivity contribution in [2.75, 3.05) is 18.4 Å². The minimum absolute atomic E-state index is 0.0859. The summed E-state index contributed by atoms with van der Waals surface area (Å²) in [4.78, 5) is 38.8. The van der Waals surface area contributed by atoms with E-state index in [-0.39, 0.29) is 23.4 Å². The SMILES string of the molecule is CC(=O)c1oc2ccccc2c1NC(=O)C(C)N1C[C@@H]2CCC[C@@]2(C(=O)O)C1. The van der Waals surface area contributed by atoms with Crippen LogP contribution in [-0.4, -0.2) is 46.8 Å². The van der Waals surface area contributed by atoms with Crippen LogP contribution in [0.1, 0.15) is 43.7 Å². The second kappa shape index (κ2) is 6.74. The van der Waals surface area contributed by atoms with E-state index in [0.29, 0.717) is 36.2 Å². The molecule has 4 rings (SSSR count). The van der Waals surface area contributed by atoms with Crippen LogP contribution in [0.5, 0.6) is 0 Å². The van der Waals surface area contributed by atoms with Crippen molar-refractivity contribution in [2.24, 2.45) is 11.3 Å². The van der Waals surface area contributed by atoms with Crippen LogP contribution in [-0.2, 0) is 9.59 Å². The van der Waals surface area contributed by atoms with Gasteiger partial charge in [-0.2, -0.15) is 0 Å². The second-order valence-corrected chi connectivity index (χ2v) is 8.00. The van der Waals surface area contributed by atoms with Crippen LogP contribution in [0.25, 0.3) is 11.0 Å². The van der Waals surface area contributed by atoms with Crippen molar-refractivity contribution in [3.63, 3.8) is 0 Å². The van der Waals surface area contributed by atoms with Gasteiger partial charge in [0.2, 0.25) is 5.91 Å². The summed E-state index contributed by atoms with van der Waals surface area (Å²) in [5.41, 5.74) is 0.185. The first-order chi connectivity index (χ1) is 13.3. The molecule has 0 radical (unpaired) electrons. The van der Waals surface area contributed by atoms with Crippen LogP contribution in [0.3, 0.4) is 0 Å². The highest BCUT2D eigenvalue weighted by Gasteiger charge is 2.55. The fourth-order valence-electron chi connectivity index (χ4n) is 4.78. The topological polar surface area (TPSA) is 99.9 Å². The van der Waals surface area contributed by atoms with Crippen LogP contribution >= 0.6 is 0 Å². The Morgan fingerprint density at radius 3 is 2.75 bits per heavy atom. The van der Waals surface area contributed by atoms with Crippen molar-refractivity contribution in [1.82, 2.24) is 4.90 Å². The van der Waals surface area contributed by atoms with E-state index >= 15 is 0 Å². The predicted molar refractivity (Wildman–Crippen MR) is 103 cm³/mol. The molecule has 2 N–H and O–H groups in total. The molecule has 2 fully saturated rings. The summed E-state index contributed by atoms with van der Waals surface area (Å²) in [6.45, 7) is 4.16. The number of likely N-dealkylation sites (tertiary alicyclic amines) is 1. The van der Waals surface area contributed by atoms with Crippen LogP contribution in [0.15, 0.2) is 28.7 Å². The maximum Gasteiger partial charge on any atom is 0.311 e. The van der Waals surface area contributed by atoms with E-state index in [0.717, 1.165) is 12.8 Å². The third-order valence-corrected chi connectivity index (χ3v) is 6.41. The fourth-order valence-corrected chi connectivity index (χ4v) is 4.78. The Morgan fingerprint density at radius 2 is 2.07 bits per heavy atom. The number of para-hydroxylation sites is 1. The van der Waals surface area contributed by atoms with E-state index < -0.39 is 17.4 Å². The Balaban J connectivity index is 1.57. The Hall–Kier alpha value is -2.67. The summed E-state index contributed by atoms with van der Waals surface area (Å²) in [6.07, 6.45) is 2.48. The molecule has 2 aliphatic rings. The van der Waals surface area contributed by atoms with Crippen molar-refractivity contribution in [2.45, 2.75) is 39.2 Å². The maximum atomic E-state index is 13.0. The van der Waals surface area contributed by atoms with Gasteiger partial charge in [0.1, 0.15) is 5.58 Å². The van der Waals surface area contributed by atoms with Gasteiger partial charge >= 0.3 is 5.97 Å². The Morgan fingerprint density at radius 1 is 1.32 bits per heavy atom. The largest absolute Gasteiger partial charge is 0.481 e. The first-order valence-corrected chi connectivity index (χ1v) is 9.64. The average molecular weight is 384 g/mol. The molecule has 1 aromatic heterocycles. The molecule has 3 atom stereocenters. The molecule has 7 nitrogen and oxygen atoms in total. The molecule has 1 aliphatic heterocycles. The van der Waals surface area contributed by atoms with E-state index in [2.05, 4.69) is 5.32 Å². The number of ketones is 1. The zero-order valence-corrected chi connectivity index (χ0v) is 16.0. The minimum Gasteiger partial charge on any atom is -0.481 e. The number of Topliss-reactive ketones (excluding diaryl/α,β-unsaturated/α-hetero) is 1. The molecule has 1 saturated carbocycles. The highest BCUT2D eigenvalue weighted by molar-refractivity contribution is 6.11. The summed E-state index contributed by atoms with van der Waals surface area (Å²) >= 11 is 0. The highest BCUT2D eigenvalue weighted by atomic mass is 16.4. The summed E-state index contributed by atoms with van der Waals surface area (Å²) < 4.78 is 5.62. The zero-order chi connectivity index (χ0) is 20.1. The van der Waals surface area contributed by atoms with Gasteiger partial charge in [-0.05, 0) is 37.8 Å². The lowest BCUT2D eigenvalue weighted by Crippen LogP contribution is -2.43. The number of rotatable bonds is 5. The van der Waals surface area contributed by atoms with E-state index in [4.69, 9.17) is 4.42 Å². The molecule has 1 aromatic carbocycles.